The van der Waals surface area contributed by atoms with E-state index in [2.05, 4.69) is 30.8 Å². The summed E-state index contributed by atoms with van der Waals surface area (Å²) in [6, 6.07) is 16.1. The Morgan fingerprint density at radius 1 is 0.607 bits per heavy atom. The SMILES string of the molecule is Cc1cc(C)nc(Nc2nnc(Nc3cc(C)cc(C)n3)c3ccccc23)c1. The van der Waals surface area contributed by atoms with Crippen LogP contribution in [-0.4, -0.2) is 20.2 Å². The van der Waals surface area contributed by atoms with Crippen LogP contribution in [0, 0.1) is 27.7 Å². The van der Waals surface area contributed by atoms with E-state index in [-0.39, 0.29) is 0 Å². The highest BCUT2D eigenvalue weighted by molar-refractivity contribution is 5.99. The molecule has 2 N–H and O–H groups in total. The molecule has 0 fully saturated rings. The number of aromatic nitrogens is 4. The highest BCUT2D eigenvalue weighted by atomic mass is 15.2. The van der Waals surface area contributed by atoms with Crippen LogP contribution in [0.15, 0.2) is 48.5 Å². The Bertz CT molecular complexity index is 1040. The highest BCUT2D eigenvalue weighted by Gasteiger charge is 2.11. The molecule has 0 aliphatic rings. The van der Waals surface area contributed by atoms with Gasteiger partial charge in [0, 0.05) is 22.2 Å². The van der Waals surface area contributed by atoms with Crippen molar-refractivity contribution in [2.24, 2.45) is 0 Å². The molecule has 3 heterocycles. The summed E-state index contributed by atoms with van der Waals surface area (Å²) in [5.74, 6) is 2.86. The molecule has 140 valence electrons. The van der Waals surface area contributed by atoms with Crippen LogP contribution < -0.4 is 10.6 Å². The Morgan fingerprint density at radius 2 is 1.04 bits per heavy atom. The molecule has 0 spiro atoms. The normalized spacial score (nSPS) is 10.9. The number of hydrogen-bond donors (Lipinski definition) is 2. The third-order valence-electron chi connectivity index (χ3n) is 4.38. The van der Waals surface area contributed by atoms with Gasteiger partial charge in [-0.05, 0) is 63.1 Å². The predicted octanol–water partition coefficient (Wildman–Crippen LogP) is 5.14. The summed E-state index contributed by atoms with van der Waals surface area (Å²) in [4.78, 5) is 9.08. The first-order valence-corrected chi connectivity index (χ1v) is 9.18. The van der Waals surface area contributed by atoms with Gasteiger partial charge < -0.3 is 10.6 Å². The van der Waals surface area contributed by atoms with Gasteiger partial charge in [0.25, 0.3) is 0 Å². The molecule has 0 saturated carbocycles. The van der Waals surface area contributed by atoms with Gasteiger partial charge in [-0.25, -0.2) is 9.97 Å². The minimum absolute atomic E-state index is 0.673. The molecule has 6 nitrogen and oxygen atoms in total. The van der Waals surface area contributed by atoms with Crippen molar-refractivity contribution < 1.29 is 0 Å². The number of fused-ring (bicyclic) bond motifs is 1. The van der Waals surface area contributed by atoms with Gasteiger partial charge in [0.15, 0.2) is 11.6 Å². The van der Waals surface area contributed by atoms with Crippen molar-refractivity contribution in [3.05, 3.63) is 71.0 Å². The van der Waals surface area contributed by atoms with E-state index in [1.807, 2.05) is 76.2 Å². The Balaban J connectivity index is 1.74. The maximum absolute atomic E-state index is 4.54. The van der Waals surface area contributed by atoms with Gasteiger partial charge in [-0.2, -0.15) is 0 Å². The van der Waals surface area contributed by atoms with E-state index < -0.39 is 0 Å². The summed E-state index contributed by atoms with van der Waals surface area (Å²) in [6.45, 7) is 8.05. The van der Waals surface area contributed by atoms with E-state index in [0.717, 1.165) is 44.9 Å². The fraction of sp³-hybridized carbons (Fsp3) is 0.182. The van der Waals surface area contributed by atoms with Gasteiger partial charge in [-0.15, -0.1) is 10.2 Å². The minimum atomic E-state index is 0.673. The zero-order valence-electron chi connectivity index (χ0n) is 16.4. The largest absolute Gasteiger partial charge is 0.323 e. The molecule has 6 heteroatoms. The molecule has 0 aliphatic carbocycles. The molecular weight excluding hydrogens is 348 g/mol. The van der Waals surface area contributed by atoms with Crippen molar-refractivity contribution in [2.75, 3.05) is 10.6 Å². The van der Waals surface area contributed by atoms with Crippen LogP contribution in [0.5, 0.6) is 0 Å². The van der Waals surface area contributed by atoms with Crippen molar-refractivity contribution >= 4 is 34.0 Å². The lowest BCUT2D eigenvalue weighted by Crippen LogP contribution is -2.04. The zero-order chi connectivity index (χ0) is 19.7. The molecular formula is C22H22N6. The van der Waals surface area contributed by atoms with E-state index in [1.54, 1.807) is 0 Å². The molecule has 0 amide bonds. The summed E-state index contributed by atoms with van der Waals surface area (Å²) in [7, 11) is 0. The van der Waals surface area contributed by atoms with E-state index in [4.69, 9.17) is 0 Å². The molecule has 4 aromatic rings. The lowest BCUT2D eigenvalue weighted by molar-refractivity contribution is 1.05. The number of aryl methyl sites for hydroxylation is 4. The van der Waals surface area contributed by atoms with E-state index in [1.165, 1.54) is 0 Å². The van der Waals surface area contributed by atoms with Crippen LogP contribution in [-0.2, 0) is 0 Å². The number of benzene rings is 1. The van der Waals surface area contributed by atoms with Gasteiger partial charge >= 0.3 is 0 Å². The molecule has 0 radical (unpaired) electrons. The number of hydrogen-bond acceptors (Lipinski definition) is 6. The number of anilines is 4. The van der Waals surface area contributed by atoms with Crippen molar-refractivity contribution in [1.82, 2.24) is 20.2 Å². The smallest absolute Gasteiger partial charge is 0.162 e. The van der Waals surface area contributed by atoms with Crippen LogP contribution in [0.1, 0.15) is 22.5 Å². The predicted molar refractivity (Wildman–Crippen MR) is 114 cm³/mol. The molecule has 4 rings (SSSR count). The van der Waals surface area contributed by atoms with Crippen molar-refractivity contribution in [3.8, 4) is 0 Å². The number of pyridine rings is 2. The number of nitrogens with zero attached hydrogens (tertiary/aromatic N) is 4. The van der Waals surface area contributed by atoms with Crippen LogP contribution in [0.2, 0.25) is 0 Å². The zero-order valence-corrected chi connectivity index (χ0v) is 16.4. The maximum Gasteiger partial charge on any atom is 0.162 e. The van der Waals surface area contributed by atoms with Crippen molar-refractivity contribution in [1.29, 1.82) is 0 Å². The summed E-state index contributed by atoms with van der Waals surface area (Å²) < 4.78 is 0. The quantitative estimate of drug-likeness (QED) is 0.518. The molecule has 3 aromatic heterocycles. The van der Waals surface area contributed by atoms with Crippen LogP contribution in [0.3, 0.4) is 0 Å². The summed E-state index contributed by atoms with van der Waals surface area (Å²) in [5, 5.41) is 17.4. The number of nitrogens with one attached hydrogen (secondary N) is 2. The van der Waals surface area contributed by atoms with Crippen LogP contribution in [0.4, 0.5) is 23.3 Å². The molecule has 0 unspecified atom stereocenters. The standard InChI is InChI=1S/C22H22N6/c1-13-9-15(3)23-19(11-13)25-21-17-7-5-6-8-18(17)22(28-27-21)26-20-12-14(2)10-16(4)24-20/h5-12H,1-4H3,(H,23,25,27)(H,24,26,28). The van der Waals surface area contributed by atoms with Crippen LogP contribution >= 0.6 is 0 Å². The Morgan fingerprint density at radius 3 is 1.43 bits per heavy atom. The summed E-state index contributed by atoms with van der Waals surface area (Å²) in [6.07, 6.45) is 0. The third-order valence-corrected chi connectivity index (χ3v) is 4.38. The molecule has 0 aliphatic heterocycles. The van der Waals surface area contributed by atoms with Gasteiger partial charge in [-0.3, -0.25) is 0 Å². The van der Waals surface area contributed by atoms with Gasteiger partial charge in [0.05, 0.1) is 0 Å². The molecule has 0 atom stereocenters. The third kappa shape index (κ3) is 3.76. The van der Waals surface area contributed by atoms with Crippen molar-refractivity contribution in [2.45, 2.75) is 27.7 Å². The Kier molecular flexibility index (Phi) is 4.61. The first-order chi connectivity index (χ1) is 13.5. The molecule has 0 bridgehead atoms. The Labute approximate surface area is 164 Å². The fourth-order valence-corrected chi connectivity index (χ4v) is 3.34. The maximum atomic E-state index is 4.54. The first-order valence-electron chi connectivity index (χ1n) is 9.18. The minimum Gasteiger partial charge on any atom is -0.323 e. The average molecular weight is 370 g/mol. The monoisotopic (exact) mass is 370 g/mol. The topological polar surface area (TPSA) is 75.6 Å². The molecule has 1 aromatic carbocycles. The van der Waals surface area contributed by atoms with E-state index >= 15 is 0 Å². The van der Waals surface area contributed by atoms with Gasteiger partial charge in [0.1, 0.15) is 11.6 Å². The molecule has 28 heavy (non-hydrogen) atoms. The van der Waals surface area contributed by atoms with Crippen molar-refractivity contribution in [3.63, 3.8) is 0 Å². The lowest BCUT2D eigenvalue weighted by Gasteiger charge is -2.13. The Hall–Kier alpha value is -3.54. The lowest BCUT2D eigenvalue weighted by atomic mass is 10.1. The van der Waals surface area contributed by atoms with E-state index in [9.17, 15) is 0 Å². The highest BCUT2D eigenvalue weighted by Crippen LogP contribution is 2.29. The van der Waals surface area contributed by atoms with Crippen LogP contribution in [0.25, 0.3) is 10.8 Å². The average Bonchev–Trinajstić information content (AvgIpc) is 2.62. The molecule has 0 saturated heterocycles. The van der Waals surface area contributed by atoms with Gasteiger partial charge in [-0.1, -0.05) is 24.3 Å². The number of rotatable bonds is 4. The summed E-state index contributed by atoms with van der Waals surface area (Å²) in [5.41, 5.74) is 4.20. The van der Waals surface area contributed by atoms with Gasteiger partial charge in [0.2, 0.25) is 0 Å². The van der Waals surface area contributed by atoms with E-state index in [0.29, 0.717) is 11.6 Å². The second-order valence-electron chi connectivity index (χ2n) is 7.04. The second-order valence-corrected chi connectivity index (χ2v) is 7.04. The fourth-order valence-electron chi connectivity index (χ4n) is 3.34. The summed E-state index contributed by atoms with van der Waals surface area (Å²) >= 11 is 0. The first kappa shape index (κ1) is 17.9. The second kappa shape index (κ2) is 7.23.